The number of ketones is 1. The molecule has 0 N–H and O–H groups in total. The van der Waals surface area contributed by atoms with Crippen molar-refractivity contribution in [2.75, 3.05) is 5.75 Å². The van der Waals surface area contributed by atoms with E-state index in [0.717, 1.165) is 22.9 Å². The highest BCUT2D eigenvalue weighted by Crippen LogP contribution is 2.36. The lowest BCUT2D eigenvalue weighted by Crippen LogP contribution is -2.13. The monoisotopic (exact) mass is 360 g/mol. The van der Waals surface area contributed by atoms with Crippen LogP contribution in [0.1, 0.15) is 16.4 Å². The Hall–Kier alpha value is -1.10. The van der Waals surface area contributed by atoms with Crippen LogP contribution in [0.25, 0.3) is 0 Å². The Kier molecular flexibility index (Phi) is 6.24. The molecule has 2 rings (SSSR count). The van der Waals surface area contributed by atoms with E-state index in [1.807, 2.05) is 24.3 Å². The van der Waals surface area contributed by atoms with Gasteiger partial charge in [-0.15, -0.1) is 11.8 Å². The van der Waals surface area contributed by atoms with Gasteiger partial charge in [-0.3, -0.25) is 4.79 Å². The van der Waals surface area contributed by atoms with Gasteiger partial charge in [0, 0.05) is 10.0 Å². The summed E-state index contributed by atoms with van der Waals surface area (Å²) >= 11 is 12.9. The molecule has 2 aromatic carbocycles. The zero-order valence-electron chi connectivity index (χ0n) is 11.3. The average Bonchev–Trinajstić information content (AvgIpc) is 2.50. The predicted molar refractivity (Wildman–Crippen MR) is 88.2 cm³/mol. The Bertz CT molecular complexity index is 584. The van der Waals surface area contributed by atoms with E-state index in [9.17, 15) is 13.6 Å². The van der Waals surface area contributed by atoms with E-state index in [1.165, 1.54) is 0 Å². The van der Waals surface area contributed by atoms with Crippen LogP contribution in [0.2, 0.25) is 10.0 Å². The number of carbonyl (C=O) groups excluding carboxylic acids is 1. The van der Waals surface area contributed by atoms with Crippen molar-refractivity contribution in [1.29, 1.82) is 0 Å². The van der Waals surface area contributed by atoms with Crippen LogP contribution in [0.3, 0.4) is 0 Å². The van der Waals surface area contributed by atoms with Crippen LogP contribution in [0, 0.1) is 0 Å². The first kappa shape index (κ1) is 17.3. The second-order valence-corrected chi connectivity index (χ2v) is 6.53. The lowest BCUT2D eigenvalue weighted by atomic mass is 10.0. The van der Waals surface area contributed by atoms with Crippen LogP contribution in [0.15, 0.2) is 48.5 Å². The summed E-state index contributed by atoms with van der Waals surface area (Å²) < 4.78 is 24.8. The molecule has 0 saturated heterocycles. The summed E-state index contributed by atoms with van der Waals surface area (Å²) in [6.07, 6.45) is -2.94. The maximum absolute atomic E-state index is 12.4. The fourth-order valence-corrected chi connectivity index (χ4v) is 3.30. The first-order valence-corrected chi connectivity index (χ1v) is 8.21. The van der Waals surface area contributed by atoms with Crippen LogP contribution >= 0.6 is 35.0 Å². The molecule has 0 radical (unpaired) electrons. The van der Waals surface area contributed by atoms with Gasteiger partial charge in [-0.25, -0.2) is 8.78 Å². The summed E-state index contributed by atoms with van der Waals surface area (Å²) in [5.41, 5.74) is 1.78. The molecule has 0 bridgehead atoms. The molecule has 6 heteroatoms. The highest BCUT2D eigenvalue weighted by Gasteiger charge is 2.20. The van der Waals surface area contributed by atoms with Crippen LogP contribution in [0.5, 0.6) is 0 Å². The highest BCUT2D eigenvalue weighted by atomic mass is 35.5. The molecule has 0 atom stereocenters. The van der Waals surface area contributed by atoms with Gasteiger partial charge in [0.15, 0.2) is 0 Å². The van der Waals surface area contributed by atoms with Crippen molar-refractivity contribution in [1.82, 2.24) is 0 Å². The number of halogens is 4. The maximum atomic E-state index is 12.4. The predicted octanol–water partition coefficient (Wildman–Crippen LogP) is 5.65. The van der Waals surface area contributed by atoms with E-state index in [1.54, 1.807) is 24.3 Å². The number of rotatable bonds is 6. The van der Waals surface area contributed by atoms with Crippen molar-refractivity contribution in [3.05, 3.63) is 69.7 Å². The lowest BCUT2D eigenvalue weighted by Gasteiger charge is -2.17. The number of carbonyl (C=O) groups is 1. The van der Waals surface area contributed by atoms with Crippen molar-refractivity contribution in [2.24, 2.45) is 0 Å². The zero-order chi connectivity index (χ0) is 16.1. The van der Waals surface area contributed by atoms with E-state index in [4.69, 9.17) is 23.2 Å². The number of benzene rings is 2. The van der Waals surface area contributed by atoms with E-state index in [0.29, 0.717) is 10.0 Å². The summed E-state index contributed by atoms with van der Waals surface area (Å²) in [7, 11) is 0. The number of Topliss-reactive ketones (excluding diaryl/α,β-unsaturated/α-hetero) is 1. The third kappa shape index (κ3) is 4.70. The topological polar surface area (TPSA) is 17.1 Å². The molecule has 1 nitrogen and oxygen atoms in total. The fourth-order valence-electron chi connectivity index (χ4n) is 1.89. The maximum Gasteiger partial charge on any atom is 0.296 e. The van der Waals surface area contributed by atoms with Crippen LogP contribution in [0.4, 0.5) is 8.78 Å². The van der Waals surface area contributed by atoms with Gasteiger partial charge in [-0.1, -0.05) is 47.5 Å². The summed E-state index contributed by atoms with van der Waals surface area (Å²) in [6.45, 7) is 0. The minimum Gasteiger partial charge on any atom is -0.292 e. The SMILES string of the molecule is O=C(CSC(c1ccc(Cl)cc1)c1ccc(Cl)cc1)C(F)F. The molecule has 116 valence electrons. The number of alkyl halides is 2. The summed E-state index contributed by atoms with van der Waals surface area (Å²) in [6, 6.07) is 14.2. The second-order valence-electron chi connectivity index (χ2n) is 4.56. The minimum atomic E-state index is -2.94. The van der Waals surface area contributed by atoms with Gasteiger partial charge in [0.05, 0.1) is 11.0 Å². The molecule has 0 heterocycles. The Morgan fingerprint density at radius 2 is 1.32 bits per heavy atom. The average molecular weight is 361 g/mol. The number of hydrogen-bond acceptors (Lipinski definition) is 2. The smallest absolute Gasteiger partial charge is 0.292 e. The van der Waals surface area contributed by atoms with E-state index in [2.05, 4.69) is 0 Å². The molecule has 0 aliphatic rings. The van der Waals surface area contributed by atoms with E-state index in [-0.39, 0.29) is 11.0 Å². The van der Waals surface area contributed by atoms with Gasteiger partial charge < -0.3 is 0 Å². The van der Waals surface area contributed by atoms with Crippen LogP contribution in [-0.4, -0.2) is 18.0 Å². The molecule has 2 aromatic rings. The van der Waals surface area contributed by atoms with E-state index >= 15 is 0 Å². The van der Waals surface area contributed by atoms with Crippen molar-refractivity contribution in [3.63, 3.8) is 0 Å². The molecule has 0 saturated carbocycles. The van der Waals surface area contributed by atoms with Gasteiger partial charge in [0.25, 0.3) is 6.43 Å². The molecular weight excluding hydrogens is 349 g/mol. The standard InChI is InChI=1S/C16H12Cl2F2OS/c17-12-5-1-10(2-6-12)15(22-9-14(21)16(19)20)11-3-7-13(18)8-4-11/h1-8,15-16H,9H2. The van der Waals surface area contributed by atoms with Crippen LogP contribution < -0.4 is 0 Å². The first-order chi connectivity index (χ1) is 10.5. The quantitative estimate of drug-likeness (QED) is 0.661. The minimum absolute atomic E-state index is 0.239. The van der Waals surface area contributed by atoms with Crippen molar-refractivity contribution < 1.29 is 13.6 Å². The fraction of sp³-hybridized carbons (Fsp3) is 0.188. The third-order valence-electron chi connectivity index (χ3n) is 2.98. The Balaban J connectivity index is 2.25. The zero-order valence-corrected chi connectivity index (χ0v) is 13.6. The van der Waals surface area contributed by atoms with Gasteiger partial charge in [0.1, 0.15) is 0 Å². The lowest BCUT2D eigenvalue weighted by molar-refractivity contribution is -0.126. The molecule has 0 unspecified atom stereocenters. The first-order valence-electron chi connectivity index (χ1n) is 6.41. The van der Waals surface area contributed by atoms with Gasteiger partial charge in [-0.05, 0) is 35.4 Å². The molecule has 0 aromatic heterocycles. The van der Waals surface area contributed by atoms with Gasteiger partial charge in [-0.2, -0.15) is 0 Å². The number of hydrogen-bond donors (Lipinski definition) is 0. The molecule has 0 fully saturated rings. The third-order valence-corrected chi connectivity index (χ3v) is 4.81. The molecule has 22 heavy (non-hydrogen) atoms. The normalized spacial score (nSPS) is 11.2. The summed E-state index contributed by atoms with van der Waals surface area (Å²) in [4.78, 5) is 11.2. The highest BCUT2D eigenvalue weighted by molar-refractivity contribution is 8.00. The van der Waals surface area contributed by atoms with Crippen molar-refractivity contribution in [2.45, 2.75) is 11.7 Å². The summed E-state index contributed by atoms with van der Waals surface area (Å²) in [5.74, 6) is -1.33. The molecule has 0 aliphatic heterocycles. The van der Waals surface area contributed by atoms with Crippen LogP contribution in [-0.2, 0) is 4.79 Å². The molecular formula is C16H12Cl2F2OS. The second kappa shape index (κ2) is 7.95. The van der Waals surface area contributed by atoms with E-state index < -0.39 is 12.2 Å². The Labute approximate surface area is 141 Å². The molecule has 0 amide bonds. The Morgan fingerprint density at radius 1 is 0.909 bits per heavy atom. The molecule has 0 spiro atoms. The van der Waals surface area contributed by atoms with Gasteiger partial charge in [0.2, 0.25) is 5.78 Å². The van der Waals surface area contributed by atoms with Crippen molar-refractivity contribution in [3.8, 4) is 0 Å². The number of thioether (sulfide) groups is 1. The Morgan fingerprint density at radius 3 is 1.68 bits per heavy atom. The summed E-state index contributed by atoms with van der Waals surface area (Å²) in [5, 5.41) is 0.941. The largest absolute Gasteiger partial charge is 0.296 e. The van der Waals surface area contributed by atoms with Gasteiger partial charge >= 0.3 is 0 Å². The molecule has 0 aliphatic carbocycles. The van der Waals surface area contributed by atoms with Crippen molar-refractivity contribution >= 4 is 40.7 Å².